The van der Waals surface area contributed by atoms with Gasteiger partial charge in [-0.1, -0.05) is 6.07 Å². The highest BCUT2D eigenvalue weighted by atomic mass is 31.2. The molecule has 0 amide bonds. The summed E-state index contributed by atoms with van der Waals surface area (Å²) in [5.74, 6) is 0.396. The summed E-state index contributed by atoms with van der Waals surface area (Å²) in [6, 6.07) is 5.18. The lowest BCUT2D eigenvalue weighted by atomic mass is 10.2. The monoisotopic (exact) mass is 287 g/mol. The Bertz CT molecular complexity index is 483. The maximum atomic E-state index is 12.6. The number of ether oxygens (including phenoxy) is 2. The van der Waals surface area contributed by atoms with Crippen molar-refractivity contribution < 1.29 is 23.1 Å². The van der Waals surface area contributed by atoms with Gasteiger partial charge in [0, 0.05) is 0 Å². The Morgan fingerprint density at radius 1 is 1.26 bits per heavy atom. The molecular formula is C12H18NO5P. The summed E-state index contributed by atoms with van der Waals surface area (Å²) in [4.78, 5) is 0. The van der Waals surface area contributed by atoms with E-state index in [2.05, 4.69) is 0 Å². The Morgan fingerprint density at radius 2 is 1.89 bits per heavy atom. The lowest BCUT2D eigenvalue weighted by Gasteiger charge is -2.23. The van der Waals surface area contributed by atoms with Crippen LogP contribution in [-0.2, 0) is 13.6 Å². The molecule has 106 valence electrons. The van der Waals surface area contributed by atoms with Crippen molar-refractivity contribution in [2.45, 2.75) is 19.6 Å². The second-order valence-electron chi connectivity index (χ2n) is 3.93. The Hall–Kier alpha value is -1.07. The van der Waals surface area contributed by atoms with E-state index in [1.54, 1.807) is 32.0 Å². The molecule has 1 aliphatic rings. The van der Waals surface area contributed by atoms with Gasteiger partial charge in [-0.2, -0.15) is 0 Å². The van der Waals surface area contributed by atoms with E-state index < -0.39 is 13.4 Å². The van der Waals surface area contributed by atoms with Gasteiger partial charge in [0.15, 0.2) is 11.5 Å². The van der Waals surface area contributed by atoms with E-state index in [0.717, 1.165) is 0 Å². The average Bonchev–Trinajstić information content (AvgIpc) is 2.85. The Labute approximate surface area is 112 Å². The third kappa shape index (κ3) is 2.92. The van der Waals surface area contributed by atoms with Gasteiger partial charge in [0.1, 0.15) is 5.78 Å². The molecule has 1 atom stereocenters. The summed E-state index contributed by atoms with van der Waals surface area (Å²) >= 11 is 0. The molecule has 2 N–H and O–H groups in total. The zero-order chi connectivity index (χ0) is 13.9. The number of nitrogens with two attached hydrogens (primary N) is 1. The molecular weight excluding hydrogens is 269 g/mol. The highest BCUT2D eigenvalue weighted by molar-refractivity contribution is 7.54. The smallest absolute Gasteiger partial charge is 0.351 e. The zero-order valence-corrected chi connectivity index (χ0v) is 11.9. The van der Waals surface area contributed by atoms with Crippen molar-refractivity contribution in [1.82, 2.24) is 0 Å². The Morgan fingerprint density at radius 3 is 2.53 bits per heavy atom. The SMILES string of the molecule is CCOP(=O)(OCC)[C@@H](N)c1ccc2c(c1)OCO2. The second-order valence-corrected chi connectivity index (χ2v) is 6.09. The highest BCUT2D eigenvalue weighted by Crippen LogP contribution is 2.58. The van der Waals surface area contributed by atoms with Crippen LogP contribution in [0.5, 0.6) is 11.5 Å². The van der Waals surface area contributed by atoms with E-state index >= 15 is 0 Å². The van der Waals surface area contributed by atoms with E-state index in [-0.39, 0.29) is 20.0 Å². The minimum absolute atomic E-state index is 0.183. The van der Waals surface area contributed by atoms with Crippen LogP contribution in [0.2, 0.25) is 0 Å². The molecule has 1 aromatic carbocycles. The van der Waals surface area contributed by atoms with Crippen LogP contribution >= 0.6 is 7.60 Å². The molecule has 0 bridgehead atoms. The van der Waals surface area contributed by atoms with Crippen LogP contribution < -0.4 is 15.2 Å². The van der Waals surface area contributed by atoms with Gasteiger partial charge in [0.25, 0.3) is 0 Å². The van der Waals surface area contributed by atoms with Crippen LogP contribution in [0.3, 0.4) is 0 Å². The molecule has 6 nitrogen and oxygen atoms in total. The maximum absolute atomic E-state index is 12.6. The number of fused-ring (bicyclic) bond motifs is 1. The summed E-state index contributed by atoms with van der Waals surface area (Å²) in [5.41, 5.74) is 6.66. The van der Waals surface area contributed by atoms with Crippen molar-refractivity contribution in [3.63, 3.8) is 0 Å². The van der Waals surface area contributed by atoms with E-state index in [0.29, 0.717) is 17.1 Å². The fourth-order valence-corrected chi connectivity index (χ4v) is 3.48. The minimum Gasteiger partial charge on any atom is -0.454 e. The molecule has 1 aromatic rings. The summed E-state index contributed by atoms with van der Waals surface area (Å²) in [7, 11) is -3.38. The van der Waals surface area contributed by atoms with E-state index in [1.165, 1.54) is 0 Å². The first-order valence-electron chi connectivity index (χ1n) is 6.14. The van der Waals surface area contributed by atoms with Gasteiger partial charge in [-0.25, -0.2) is 0 Å². The van der Waals surface area contributed by atoms with Crippen molar-refractivity contribution >= 4 is 7.60 Å². The first-order chi connectivity index (χ1) is 9.10. The van der Waals surface area contributed by atoms with Crippen molar-refractivity contribution in [2.24, 2.45) is 5.73 Å². The molecule has 19 heavy (non-hydrogen) atoms. The molecule has 0 saturated carbocycles. The number of benzene rings is 1. The summed E-state index contributed by atoms with van der Waals surface area (Å²) in [6.45, 7) is 4.23. The van der Waals surface area contributed by atoms with Gasteiger partial charge < -0.3 is 24.3 Å². The fourth-order valence-electron chi connectivity index (χ4n) is 1.84. The van der Waals surface area contributed by atoms with Crippen LogP contribution in [0.15, 0.2) is 18.2 Å². The van der Waals surface area contributed by atoms with Crippen LogP contribution in [-0.4, -0.2) is 20.0 Å². The quantitative estimate of drug-likeness (QED) is 0.810. The first-order valence-corrected chi connectivity index (χ1v) is 7.75. The molecule has 1 heterocycles. The van der Waals surface area contributed by atoms with Crippen LogP contribution in [0.4, 0.5) is 0 Å². The normalized spacial score (nSPS) is 15.5. The molecule has 0 spiro atoms. The predicted octanol–water partition coefficient (Wildman–Crippen LogP) is 2.64. The Kier molecular flexibility index (Phi) is 4.47. The minimum atomic E-state index is -3.38. The molecule has 1 aliphatic heterocycles. The van der Waals surface area contributed by atoms with Crippen molar-refractivity contribution in [1.29, 1.82) is 0 Å². The molecule has 7 heteroatoms. The van der Waals surface area contributed by atoms with Gasteiger partial charge >= 0.3 is 7.60 Å². The standard InChI is InChI=1S/C12H18NO5P/c1-3-17-19(14,18-4-2)12(13)9-5-6-10-11(7-9)16-8-15-10/h5-7,12H,3-4,8,13H2,1-2H3/t12-/m1/s1. The van der Waals surface area contributed by atoms with Crippen molar-refractivity contribution in [3.8, 4) is 11.5 Å². The van der Waals surface area contributed by atoms with Gasteiger partial charge in [-0.3, -0.25) is 4.57 Å². The number of rotatable bonds is 6. The average molecular weight is 287 g/mol. The summed E-state index contributed by atoms with van der Waals surface area (Å²) < 4.78 is 33.5. The first kappa shape index (κ1) is 14.3. The molecule has 0 aromatic heterocycles. The zero-order valence-electron chi connectivity index (χ0n) is 11.0. The lowest BCUT2D eigenvalue weighted by Crippen LogP contribution is -2.15. The Balaban J connectivity index is 2.26. The molecule has 0 radical (unpaired) electrons. The van der Waals surface area contributed by atoms with Crippen LogP contribution in [0.1, 0.15) is 25.2 Å². The fraction of sp³-hybridized carbons (Fsp3) is 0.500. The molecule has 0 unspecified atom stereocenters. The van der Waals surface area contributed by atoms with E-state index in [9.17, 15) is 4.57 Å². The molecule has 2 rings (SSSR count). The summed E-state index contributed by atoms with van der Waals surface area (Å²) in [5, 5.41) is 0. The largest absolute Gasteiger partial charge is 0.454 e. The van der Waals surface area contributed by atoms with E-state index in [4.69, 9.17) is 24.3 Å². The van der Waals surface area contributed by atoms with Gasteiger partial charge in [0.05, 0.1) is 13.2 Å². The molecule has 0 fully saturated rings. The van der Waals surface area contributed by atoms with Crippen LogP contribution in [0, 0.1) is 0 Å². The maximum Gasteiger partial charge on any atom is 0.351 e. The molecule has 0 aliphatic carbocycles. The van der Waals surface area contributed by atoms with Gasteiger partial charge in [-0.15, -0.1) is 0 Å². The van der Waals surface area contributed by atoms with Gasteiger partial charge in [-0.05, 0) is 31.5 Å². The third-order valence-corrected chi connectivity index (χ3v) is 4.91. The second kappa shape index (κ2) is 5.92. The number of hydrogen-bond acceptors (Lipinski definition) is 6. The lowest BCUT2D eigenvalue weighted by molar-refractivity contribution is 0.174. The third-order valence-electron chi connectivity index (χ3n) is 2.70. The number of hydrogen-bond donors (Lipinski definition) is 1. The highest BCUT2D eigenvalue weighted by Gasteiger charge is 2.34. The van der Waals surface area contributed by atoms with Crippen molar-refractivity contribution in [3.05, 3.63) is 23.8 Å². The molecule has 0 saturated heterocycles. The topological polar surface area (TPSA) is 80.0 Å². The summed E-state index contributed by atoms with van der Waals surface area (Å²) in [6.07, 6.45) is 0. The predicted molar refractivity (Wildman–Crippen MR) is 70.4 cm³/mol. The van der Waals surface area contributed by atoms with Gasteiger partial charge in [0.2, 0.25) is 6.79 Å². The van der Waals surface area contributed by atoms with Crippen LogP contribution in [0.25, 0.3) is 0 Å². The van der Waals surface area contributed by atoms with Crippen molar-refractivity contribution in [2.75, 3.05) is 20.0 Å². The van der Waals surface area contributed by atoms with E-state index in [1.807, 2.05) is 0 Å².